The topological polar surface area (TPSA) is 62.0 Å². The van der Waals surface area contributed by atoms with Gasteiger partial charge in [-0.3, -0.25) is 9.59 Å². The Bertz CT molecular complexity index is 638. The summed E-state index contributed by atoms with van der Waals surface area (Å²) in [7, 11) is 0. The van der Waals surface area contributed by atoms with Gasteiger partial charge >= 0.3 is 4.87 Å². The fourth-order valence-electron chi connectivity index (χ4n) is 1.32. The monoisotopic (exact) mass is 346 g/mol. The molecule has 0 aliphatic carbocycles. The molecular weight excluding hydrogens is 340 g/mol. The molecule has 7 heteroatoms. The molecule has 94 valence electrons. The third-order valence-corrected chi connectivity index (χ3v) is 4.12. The Morgan fingerprint density at radius 1 is 1.50 bits per heavy atom. The Hall–Kier alpha value is -1.11. The molecule has 1 aromatic heterocycles. The van der Waals surface area contributed by atoms with E-state index < -0.39 is 0 Å². The average Bonchev–Trinajstić information content (AvgIpc) is 2.75. The zero-order chi connectivity index (χ0) is 13.1. The lowest BCUT2D eigenvalue weighted by molar-refractivity contribution is 0.0950. The maximum absolute atomic E-state index is 11.8. The van der Waals surface area contributed by atoms with Crippen molar-refractivity contribution in [2.24, 2.45) is 0 Å². The smallest absolute Gasteiger partial charge is 0.304 e. The number of carbonyl (C=O) groups excluding carboxylic acids is 1. The molecule has 4 nitrogen and oxygen atoms in total. The molecule has 18 heavy (non-hydrogen) atoms. The number of nitrogens with one attached hydrogen (secondary N) is 2. The Morgan fingerprint density at radius 3 is 2.89 bits per heavy atom. The van der Waals surface area contributed by atoms with Crippen molar-refractivity contribution in [3.05, 3.63) is 54.0 Å². The molecule has 0 spiro atoms. The molecule has 0 aliphatic heterocycles. The van der Waals surface area contributed by atoms with Gasteiger partial charge in [-0.15, -0.1) is 0 Å². The van der Waals surface area contributed by atoms with E-state index in [2.05, 4.69) is 26.2 Å². The molecule has 2 rings (SSSR count). The molecular formula is C11H8BrClN2O2S. The largest absolute Gasteiger partial charge is 0.346 e. The molecule has 2 aromatic rings. The summed E-state index contributed by atoms with van der Waals surface area (Å²) in [6, 6.07) is 4.93. The molecule has 0 unspecified atom stereocenters. The Kier molecular flexibility index (Phi) is 4.21. The van der Waals surface area contributed by atoms with Crippen LogP contribution in [0.25, 0.3) is 0 Å². The minimum atomic E-state index is -0.223. The van der Waals surface area contributed by atoms with Gasteiger partial charge in [-0.1, -0.05) is 22.9 Å². The SMILES string of the molecule is O=C(NCc1csc(=O)[nH]1)c1ccc(Cl)c(Br)c1. The van der Waals surface area contributed by atoms with Gasteiger partial charge in [0, 0.05) is 21.1 Å². The van der Waals surface area contributed by atoms with Gasteiger partial charge in [0.1, 0.15) is 0 Å². The first-order valence-electron chi connectivity index (χ1n) is 4.96. The van der Waals surface area contributed by atoms with Crippen LogP contribution in [0.15, 0.2) is 32.8 Å². The van der Waals surface area contributed by atoms with Crippen LogP contribution in [-0.2, 0) is 6.54 Å². The van der Waals surface area contributed by atoms with Gasteiger partial charge in [-0.25, -0.2) is 0 Å². The summed E-state index contributed by atoms with van der Waals surface area (Å²) in [5.74, 6) is -0.223. The van der Waals surface area contributed by atoms with Crippen LogP contribution in [0.2, 0.25) is 5.02 Å². The highest BCUT2D eigenvalue weighted by Gasteiger charge is 2.08. The van der Waals surface area contributed by atoms with Gasteiger partial charge < -0.3 is 10.3 Å². The highest BCUT2D eigenvalue weighted by molar-refractivity contribution is 9.10. The number of benzene rings is 1. The molecule has 0 saturated carbocycles. The number of thiazole rings is 1. The second-order valence-corrected chi connectivity index (χ2v) is 5.59. The predicted molar refractivity (Wildman–Crippen MR) is 75.3 cm³/mol. The normalized spacial score (nSPS) is 10.3. The lowest BCUT2D eigenvalue weighted by Gasteiger charge is -2.04. The Morgan fingerprint density at radius 2 is 2.28 bits per heavy atom. The first-order chi connectivity index (χ1) is 8.56. The van der Waals surface area contributed by atoms with Crippen molar-refractivity contribution < 1.29 is 4.79 Å². The minimum absolute atomic E-state index is 0.131. The van der Waals surface area contributed by atoms with Crippen LogP contribution in [0, 0.1) is 0 Å². The van der Waals surface area contributed by atoms with Crippen molar-refractivity contribution in [3.63, 3.8) is 0 Å². The van der Waals surface area contributed by atoms with Gasteiger partial charge in [0.05, 0.1) is 11.6 Å². The van der Waals surface area contributed by atoms with E-state index in [0.717, 1.165) is 11.3 Å². The van der Waals surface area contributed by atoms with E-state index in [1.165, 1.54) is 0 Å². The van der Waals surface area contributed by atoms with Crippen LogP contribution < -0.4 is 10.2 Å². The molecule has 0 saturated heterocycles. The number of aromatic nitrogens is 1. The minimum Gasteiger partial charge on any atom is -0.346 e. The molecule has 0 atom stereocenters. The lowest BCUT2D eigenvalue weighted by Crippen LogP contribution is -2.23. The van der Waals surface area contributed by atoms with Crippen molar-refractivity contribution in [2.75, 3.05) is 0 Å². The highest BCUT2D eigenvalue weighted by Crippen LogP contribution is 2.23. The summed E-state index contributed by atoms with van der Waals surface area (Å²) in [6.07, 6.45) is 0. The number of amides is 1. The van der Waals surface area contributed by atoms with E-state index in [1.54, 1.807) is 23.6 Å². The maximum atomic E-state index is 11.8. The molecule has 2 N–H and O–H groups in total. The van der Waals surface area contributed by atoms with E-state index in [4.69, 9.17) is 11.6 Å². The third kappa shape index (κ3) is 3.22. The summed E-state index contributed by atoms with van der Waals surface area (Å²) in [5.41, 5.74) is 1.19. The number of carbonyl (C=O) groups is 1. The maximum Gasteiger partial charge on any atom is 0.304 e. The first-order valence-corrected chi connectivity index (χ1v) is 7.01. The number of rotatable bonds is 3. The Labute approximate surface area is 120 Å². The molecule has 1 amide bonds. The number of hydrogen-bond acceptors (Lipinski definition) is 3. The van der Waals surface area contributed by atoms with Crippen LogP contribution in [0.3, 0.4) is 0 Å². The lowest BCUT2D eigenvalue weighted by atomic mass is 10.2. The number of H-pyrrole nitrogens is 1. The van der Waals surface area contributed by atoms with Crippen molar-refractivity contribution in [1.29, 1.82) is 0 Å². The van der Waals surface area contributed by atoms with Crippen molar-refractivity contribution in [3.8, 4) is 0 Å². The summed E-state index contributed by atoms with van der Waals surface area (Å²) < 4.78 is 0.667. The zero-order valence-electron chi connectivity index (χ0n) is 9.00. The predicted octanol–water partition coefficient (Wildman–Crippen LogP) is 2.78. The summed E-state index contributed by atoms with van der Waals surface area (Å²) in [6.45, 7) is 0.290. The Balaban J connectivity index is 2.03. The third-order valence-electron chi connectivity index (χ3n) is 2.19. The molecule has 1 heterocycles. The molecule has 1 aromatic carbocycles. The van der Waals surface area contributed by atoms with Crippen LogP contribution in [0.1, 0.15) is 16.1 Å². The van der Waals surface area contributed by atoms with E-state index in [1.807, 2.05) is 0 Å². The van der Waals surface area contributed by atoms with E-state index in [9.17, 15) is 9.59 Å². The van der Waals surface area contributed by atoms with Crippen molar-refractivity contribution >= 4 is 44.8 Å². The standard InChI is InChI=1S/C11H8BrClN2O2S/c12-8-3-6(1-2-9(8)13)10(16)14-4-7-5-18-11(17)15-7/h1-3,5H,4H2,(H,14,16)(H,15,17). The van der Waals surface area contributed by atoms with E-state index >= 15 is 0 Å². The highest BCUT2D eigenvalue weighted by atomic mass is 79.9. The van der Waals surface area contributed by atoms with E-state index in [-0.39, 0.29) is 17.3 Å². The van der Waals surface area contributed by atoms with Crippen LogP contribution in [-0.4, -0.2) is 10.9 Å². The van der Waals surface area contributed by atoms with Crippen molar-refractivity contribution in [2.45, 2.75) is 6.54 Å². The quantitative estimate of drug-likeness (QED) is 0.897. The summed E-state index contributed by atoms with van der Waals surface area (Å²) >= 11 is 10.2. The molecule has 0 bridgehead atoms. The number of halogens is 2. The van der Waals surface area contributed by atoms with Gasteiger partial charge in [-0.2, -0.15) is 0 Å². The average molecular weight is 348 g/mol. The van der Waals surface area contributed by atoms with Gasteiger partial charge in [0.25, 0.3) is 5.91 Å². The molecule has 0 aliphatic rings. The molecule has 0 radical (unpaired) electrons. The van der Waals surface area contributed by atoms with Gasteiger partial charge in [0.15, 0.2) is 0 Å². The molecule has 0 fully saturated rings. The van der Waals surface area contributed by atoms with Crippen LogP contribution >= 0.6 is 38.9 Å². The number of aromatic amines is 1. The summed E-state index contributed by atoms with van der Waals surface area (Å²) in [4.78, 5) is 25.2. The second kappa shape index (κ2) is 5.69. The number of hydrogen-bond donors (Lipinski definition) is 2. The fraction of sp³-hybridized carbons (Fsp3) is 0.0909. The second-order valence-electron chi connectivity index (χ2n) is 3.48. The van der Waals surface area contributed by atoms with Crippen LogP contribution in [0.5, 0.6) is 0 Å². The van der Waals surface area contributed by atoms with Crippen LogP contribution in [0.4, 0.5) is 0 Å². The van der Waals surface area contributed by atoms with E-state index in [0.29, 0.717) is 20.8 Å². The van der Waals surface area contributed by atoms with Gasteiger partial charge in [-0.05, 0) is 34.1 Å². The first kappa shape index (κ1) is 13.3. The van der Waals surface area contributed by atoms with Crippen molar-refractivity contribution in [1.82, 2.24) is 10.3 Å². The zero-order valence-corrected chi connectivity index (χ0v) is 12.2. The fourth-order valence-corrected chi connectivity index (χ4v) is 2.39. The summed E-state index contributed by atoms with van der Waals surface area (Å²) in [5, 5.41) is 4.94. The van der Waals surface area contributed by atoms with Gasteiger partial charge in [0.2, 0.25) is 0 Å².